The number of rotatable bonds is 3. The molecule has 1 aromatic carbocycles. The summed E-state index contributed by atoms with van der Waals surface area (Å²) >= 11 is 1.27. The van der Waals surface area contributed by atoms with Gasteiger partial charge in [-0.3, -0.25) is 0 Å². The number of thiophene rings is 1. The van der Waals surface area contributed by atoms with Gasteiger partial charge >= 0.3 is 5.97 Å². The van der Waals surface area contributed by atoms with E-state index in [1.165, 1.54) is 11.3 Å². The highest BCUT2D eigenvalue weighted by Gasteiger charge is 2.23. The molecule has 4 heteroatoms. The number of hydrogen-bond acceptors (Lipinski definition) is 3. The van der Waals surface area contributed by atoms with Crippen LogP contribution < -0.4 is 5.73 Å². The largest absolute Gasteiger partial charge is 0.477 e. The minimum atomic E-state index is -0.954. The molecule has 3 nitrogen and oxygen atoms in total. The lowest BCUT2D eigenvalue weighted by molar-refractivity contribution is 0.0703. The summed E-state index contributed by atoms with van der Waals surface area (Å²) in [6.45, 7) is 6.09. The fourth-order valence-electron chi connectivity index (χ4n) is 2.22. The van der Waals surface area contributed by atoms with Crippen molar-refractivity contribution in [1.82, 2.24) is 0 Å². The van der Waals surface area contributed by atoms with Crippen molar-refractivity contribution in [3.8, 4) is 10.4 Å². The van der Waals surface area contributed by atoms with E-state index in [0.717, 1.165) is 21.6 Å². The summed E-state index contributed by atoms with van der Waals surface area (Å²) in [7, 11) is 0. The molecule has 2 rings (SSSR count). The van der Waals surface area contributed by atoms with Gasteiger partial charge in [-0.2, -0.15) is 0 Å². The first kappa shape index (κ1) is 13.6. The van der Waals surface area contributed by atoms with Crippen LogP contribution in [0.1, 0.15) is 40.6 Å². The Morgan fingerprint density at radius 2 is 1.95 bits per heavy atom. The van der Waals surface area contributed by atoms with Crippen molar-refractivity contribution < 1.29 is 9.90 Å². The number of carboxylic acid groups (broad SMARTS) is 1. The van der Waals surface area contributed by atoms with Gasteiger partial charge in [-0.15, -0.1) is 11.3 Å². The molecule has 0 fully saturated rings. The lowest BCUT2D eigenvalue weighted by Crippen LogP contribution is -2.00. The van der Waals surface area contributed by atoms with Crippen LogP contribution in [-0.2, 0) is 0 Å². The molecule has 0 spiro atoms. The Morgan fingerprint density at radius 3 is 2.47 bits per heavy atom. The molecule has 0 saturated carbocycles. The molecule has 100 valence electrons. The van der Waals surface area contributed by atoms with Gasteiger partial charge in [0.2, 0.25) is 0 Å². The zero-order valence-corrected chi connectivity index (χ0v) is 12.0. The van der Waals surface area contributed by atoms with E-state index in [0.29, 0.717) is 5.69 Å². The summed E-state index contributed by atoms with van der Waals surface area (Å²) in [6.07, 6.45) is 0. The molecule has 0 unspecified atom stereocenters. The van der Waals surface area contributed by atoms with Crippen LogP contribution in [0, 0.1) is 6.92 Å². The van der Waals surface area contributed by atoms with Crippen molar-refractivity contribution in [3.63, 3.8) is 0 Å². The molecule has 0 saturated heterocycles. The monoisotopic (exact) mass is 275 g/mol. The quantitative estimate of drug-likeness (QED) is 0.885. The second-order valence-corrected chi connectivity index (χ2v) is 5.88. The van der Waals surface area contributed by atoms with E-state index in [-0.39, 0.29) is 10.8 Å². The Bertz CT molecular complexity index is 629. The number of anilines is 1. The molecule has 0 bridgehead atoms. The number of carboxylic acids is 1. The molecule has 1 aromatic heterocycles. The summed E-state index contributed by atoms with van der Waals surface area (Å²) in [6, 6.07) is 7.97. The van der Waals surface area contributed by atoms with Gasteiger partial charge in [-0.25, -0.2) is 4.79 Å². The first-order valence-electron chi connectivity index (χ1n) is 6.15. The standard InChI is InChI=1S/C15H17NO2S/c1-8(2)11-12(16)14(15(17)18)19-13(11)10-7-5-4-6-9(10)3/h4-8H,16H2,1-3H3,(H,17,18). The summed E-state index contributed by atoms with van der Waals surface area (Å²) in [4.78, 5) is 12.5. The molecular weight excluding hydrogens is 258 g/mol. The summed E-state index contributed by atoms with van der Waals surface area (Å²) in [5.41, 5.74) is 9.57. The van der Waals surface area contributed by atoms with Gasteiger partial charge in [0.25, 0.3) is 0 Å². The summed E-state index contributed by atoms with van der Waals surface area (Å²) in [5.74, 6) is -0.761. The molecule has 3 N–H and O–H groups in total. The van der Waals surface area contributed by atoms with Crippen LogP contribution in [0.2, 0.25) is 0 Å². The first-order chi connectivity index (χ1) is 8.93. The van der Waals surface area contributed by atoms with Gasteiger partial charge in [0, 0.05) is 4.88 Å². The number of aromatic carboxylic acids is 1. The highest BCUT2D eigenvalue weighted by atomic mass is 32.1. The fraction of sp³-hybridized carbons (Fsp3) is 0.267. The van der Waals surface area contributed by atoms with E-state index < -0.39 is 5.97 Å². The van der Waals surface area contributed by atoms with Crippen LogP contribution in [0.5, 0.6) is 0 Å². The van der Waals surface area contributed by atoms with E-state index in [4.69, 9.17) is 5.73 Å². The third-order valence-corrected chi connectivity index (χ3v) is 4.39. The number of nitrogens with two attached hydrogens (primary N) is 1. The highest BCUT2D eigenvalue weighted by molar-refractivity contribution is 7.18. The molecular formula is C15H17NO2S. The molecule has 0 atom stereocenters. The molecule has 0 amide bonds. The maximum Gasteiger partial charge on any atom is 0.348 e. The Morgan fingerprint density at radius 1 is 1.32 bits per heavy atom. The average Bonchev–Trinajstić information content (AvgIpc) is 2.67. The normalized spacial score (nSPS) is 10.9. The fourth-order valence-corrected chi connectivity index (χ4v) is 3.52. The van der Waals surface area contributed by atoms with Gasteiger partial charge in [0.1, 0.15) is 4.88 Å². The zero-order valence-electron chi connectivity index (χ0n) is 11.2. The second-order valence-electron chi connectivity index (χ2n) is 4.86. The number of carbonyl (C=O) groups is 1. The van der Waals surface area contributed by atoms with Gasteiger partial charge < -0.3 is 10.8 Å². The lowest BCUT2D eigenvalue weighted by atomic mass is 9.96. The van der Waals surface area contributed by atoms with Crippen molar-refractivity contribution in [1.29, 1.82) is 0 Å². The van der Waals surface area contributed by atoms with Crippen LogP contribution in [0.25, 0.3) is 10.4 Å². The minimum absolute atomic E-state index is 0.193. The lowest BCUT2D eigenvalue weighted by Gasteiger charge is -2.10. The topological polar surface area (TPSA) is 63.3 Å². The Labute approximate surface area is 116 Å². The summed E-state index contributed by atoms with van der Waals surface area (Å²) in [5, 5.41) is 9.23. The van der Waals surface area contributed by atoms with Crippen LogP contribution >= 0.6 is 11.3 Å². The molecule has 0 aliphatic carbocycles. The predicted molar refractivity (Wildman–Crippen MR) is 80.0 cm³/mol. The Kier molecular flexibility index (Phi) is 3.62. The van der Waals surface area contributed by atoms with Gasteiger partial charge in [-0.1, -0.05) is 38.1 Å². The third kappa shape index (κ3) is 2.36. The first-order valence-corrected chi connectivity index (χ1v) is 6.96. The Balaban J connectivity index is 2.73. The smallest absolute Gasteiger partial charge is 0.348 e. The number of hydrogen-bond donors (Lipinski definition) is 2. The number of benzene rings is 1. The van der Waals surface area contributed by atoms with E-state index in [9.17, 15) is 9.90 Å². The number of aryl methyl sites for hydroxylation is 1. The van der Waals surface area contributed by atoms with E-state index in [1.54, 1.807) is 0 Å². The molecule has 2 aromatic rings. The molecule has 19 heavy (non-hydrogen) atoms. The van der Waals surface area contributed by atoms with Crippen LogP contribution in [-0.4, -0.2) is 11.1 Å². The zero-order chi connectivity index (χ0) is 14.2. The third-order valence-electron chi connectivity index (χ3n) is 3.14. The second kappa shape index (κ2) is 5.05. The van der Waals surface area contributed by atoms with Crippen LogP contribution in [0.4, 0.5) is 5.69 Å². The van der Waals surface area contributed by atoms with Gasteiger partial charge in [0.15, 0.2) is 0 Å². The number of nitrogen functional groups attached to an aromatic ring is 1. The minimum Gasteiger partial charge on any atom is -0.477 e. The predicted octanol–water partition coefficient (Wildman–Crippen LogP) is 4.13. The van der Waals surface area contributed by atoms with Crippen molar-refractivity contribution in [2.45, 2.75) is 26.7 Å². The molecule has 1 heterocycles. The van der Waals surface area contributed by atoms with Crippen LogP contribution in [0.3, 0.4) is 0 Å². The van der Waals surface area contributed by atoms with Crippen molar-refractivity contribution in [2.75, 3.05) is 5.73 Å². The average molecular weight is 275 g/mol. The van der Waals surface area contributed by atoms with E-state index in [2.05, 4.69) is 0 Å². The van der Waals surface area contributed by atoms with Crippen LogP contribution in [0.15, 0.2) is 24.3 Å². The van der Waals surface area contributed by atoms with Gasteiger partial charge in [-0.05, 0) is 29.5 Å². The van der Waals surface area contributed by atoms with Gasteiger partial charge in [0.05, 0.1) is 5.69 Å². The Hall–Kier alpha value is -1.81. The highest BCUT2D eigenvalue weighted by Crippen LogP contribution is 2.43. The van der Waals surface area contributed by atoms with E-state index in [1.807, 2.05) is 45.0 Å². The van der Waals surface area contributed by atoms with Crippen molar-refractivity contribution in [2.24, 2.45) is 0 Å². The van der Waals surface area contributed by atoms with E-state index >= 15 is 0 Å². The SMILES string of the molecule is Cc1ccccc1-c1sc(C(=O)O)c(N)c1C(C)C. The molecule has 0 aliphatic rings. The molecule has 0 aliphatic heterocycles. The maximum absolute atomic E-state index is 11.3. The van der Waals surface area contributed by atoms with Crippen molar-refractivity contribution >= 4 is 23.0 Å². The molecule has 0 radical (unpaired) electrons. The maximum atomic E-state index is 11.3. The van der Waals surface area contributed by atoms with Crippen molar-refractivity contribution in [3.05, 3.63) is 40.3 Å². The summed E-state index contributed by atoms with van der Waals surface area (Å²) < 4.78 is 0.